The zero-order valence-electron chi connectivity index (χ0n) is 7.04. The van der Waals surface area contributed by atoms with Crippen LogP contribution in [-0.4, -0.2) is 17.0 Å². The quantitative estimate of drug-likeness (QED) is 0.559. The van der Waals surface area contributed by atoms with Gasteiger partial charge in [-0.15, -0.1) is 23.2 Å². The Labute approximate surface area is 87.7 Å². The minimum absolute atomic E-state index is 0.0428. The molecule has 13 heavy (non-hydrogen) atoms. The molecule has 70 valence electrons. The number of carbonyl (C=O) groups excluding carboxylic acids is 1. The lowest BCUT2D eigenvalue weighted by atomic mass is 10.1. The van der Waals surface area contributed by atoms with Crippen molar-refractivity contribution in [2.75, 3.05) is 5.88 Å². The van der Waals surface area contributed by atoms with Gasteiger partial charge in [0.1, 0.15) is 0 Å². The Morgan fingerprint density at radius 1 is 1.31 bits per heavy atom. The summed E-state index contributed by atoms with van der Waals surface area (Å²) in [5.41, 5.74) is 0.693. The van der Waals surface area contributed by atoms with Gasteiger partial charge < -0.3 is 0 Å². The summed E-state index contributed by atoms with van der Waals surface area (Å²) in [7, 11) is 0. The fourth-order valence-electron chi connectivity index (χ4n) is 0.998. The third-order valence-corrected chi connectivity index (χ3v) is 2.51. The van der Waals surface area contributed by atoms with Crippen molar-refractivity contribution in [3.63, 3.8) is 0 Å². The number of hydrogen-bond donors (Lipinski definition) is 0. The normalized spacial score (nSPS) is 12.5. The Bertz CT molecular complexity index is 272. The lowest BCUT2D eigenvalue weighted by molar-refractivity contribution is 0.0983. The van der Waals surface area contributed by atoms with Crippen molar-refractivity contribution in [3.05, 3.63) is 35.9 Å². The first-order chi connectivity index (χ1) is 6.24. The van der Waals surface area contributed by atoms with Crippen molar-refractivity contribution in [2.45, 2.75) is 11.8 Å². The maximum absolute atomic E-state index is 11.5. The highest BCUT2D eigenvalue weighted by molar-refractivity contribution is 6.29. The van der Waals surface area contributed by atoms with Crippen LogP contribution in [0.25, 0.3) is 0 Å². The zero-order chi connectivity index (χ0) is 9.68. The van der Waals surface area contributed by atoms with Crippen LogP contribution in [0.4, 0.5) is 0 Å². The van der Waals surface area contributed by atoms with Crippen LogP contribution in [0.5, 0.6) is 0 Å². The van der Waals surface area contributed by atoms with E-state index in [9.17, 15) is 4.79 Å². The number of Topliss-reactive ketones (excluding diaryl/α,β-unsaturated/α-hetero) is 1. The molecular weight excluding hydrogens is 207 g/mol. The van der Waals surface area contributed by atoms with Crippen molar-refractivity contribution >= 4 is 29.0 Å². The molecule has 0 radical (unpaired) electrons. The Kier molecular flexibility index (Phi) is 4.26. The Morgan fingerprint density at radius 3 is 2.46 bits per heavy atom. The first-order valence-electron chi connectivity index (χ1n) is 4.02. The molecule has 1 nitrogen and oxygen atoms in total. The van der Waals surface area contributed by atoms with E-state index < -0.39 is 0 Å². The van der Waals surface area contributed by atoms with Crippen LogP contribution in [0.1, 0.15) is 16.8 Å². The molecule has 0 saturated heterocycles. The van der Waals surface area contributed by atoms with E-state index in [1.165, 1.54) is 0 Å². The van der Waals surface area contributed by atoms with E-state index in [1.807, 2.05) is 18.2 Å². The molecule has 3 heteroatoms. The van der Waals surface area contributed by atoms with Crippen LogP contribution in [0.15, 0.2) is 30.3 Å². The van der Waals surface area contributed by atoms with Crippen LogP contribution >= 0.6 is 23.2 Å². The second kappa shape index (κ2) is 5.25. The van der Waals surface area contributed by atoms with Gasteiger partial charge in [0.05, 0.1) is 5.38 Å². The van der Waals surface area contributed by atoms with Crippen molar-refractivity contribution in [2.24, 2.45) is 0 Å². The van der Waals surface area contributed by atoms with Gasteiger partial charge in [0.15, 0.2) is 5.78 Å². The van der Waals surface area contributed by atoms with Gasteiger partial charge in [-0.05, 0) is 0 Å². The summed E-state index contributed by atoms with van der Waals surface area (Å²) in [5.74, 6) is 0.349. The maximum atomic E-state index is 11.5. The molecule has 0 amide bonds. The first-order valence-corrected chi connectivity index (χ1v) is 4.99. The highest BCUT2D eigenvalue weighted by Crippen LogP contribution is 2.10. The molecule has 0 saturated carbocycles. The minimum atomic E-state index is -0.269. The predicted octanol–water partition coefficient (Wildman–Crippen LogP) is 3.11. The van der Waals surface area contributed by atoms with Gasteiger partial charge in [-0.1, -0.05) is 30.3 Å². The molecule has 0 aliphatic carbocycles. The fourth-order valence-corrected chi connectivity index (χ4v) is 1.25. The summed E-state index contributed by atoms with van der Waals surface area (Å²) in [6, 6.07) is 9.09. The highest BCUT2D eigenvalue weighted by atomic mass is 35.5. The van der Waals surface area contributed by atoms with E-state index in [-0.39, 0.29) is 11.2 Å². The summed E-state index contributed by atoms with van der Waals surface area (Å²) in [4.78, 5) is 11.5. The molecule has 1 aromatic rings. The van der Waals surface area contributed by atoms with Crippen LogP contribution in [0.3, 0.4) is 0 Å². The highest BCUT2D eigenvalue weighted by Gasteiger charge is 2.11. The predicted molar refractivity (Wildman–Crippen MR) is 55.8 cm³/mol. The van der Waals surface area contributed by atoms with Gasteiger partial charge in [-0.25, -0.2) is 0 Å². The van der Waals surface area contributed by atoms with E-state index in [4.69, 9.17) is 23.2 Å². The topological polar surface area (TPSA) is 17.1 Å². The van der Waals surface area contributed by atoms with Crippen LogP contribution < -0.4 is 0 Å². The summed E-state index contributed by atoms with van der Waals surface area (Å²) < 4.78 is 0. The summed E-state index contributed by atoms with van der Waals surface area (Å²) >= 11 is 11.3. The number of hydrogen-bond acceptors (Lipinski definition) is 1. The average molecular weight is 217 g/mol. The number of alkyl halides is 2. The lowest BCUT2D eigenvalue weighted by Crippen LogP contribution is -2.09. The largest absolute Gasteiger partial charge is 0.294 e. The fraction of sp³-hybridized carbons (Fsp3) is 0.300. The third kappa shape index (κ3) is 3.37. The average Bonchev–Trinajstić information content (AvgIpc) is 2.19. The standard InChI is InChI=1S/C10H10Cl2O/c11-7-9(12)6-10(13)8-4-2-1-3-5-8/h1-5,9H,6-7H2/t9-/m1/s1. The second-order valence-electron chi connectivity index (χ2n) is 2.74. The Hall–Kier alpha value is -0.530. The van der Waals surface area contributed by atoms with E-state index in [0.29, 0.717) is 17.9 Å². The number of ketones is 1. The van der Waals surface area contributed by atoms with E-state index >= 15 is 0 Å². The molecule has 1 aromatic carbocycles. The molecule has 0 aliphatic heterocycles. The second-order valence-corrected chi connectivity index (χ2v) is 3.67. The zero-order valence-corrected chi connectivity index (χ0v) is 8.55. The van der Waals surface area contributed by atoms with Gasteiger partial charge in [-0.2, -0.15) is 0 Å². The molecule has 1 atom stereocenters. The summed E-state index contributed by atoms with van der Waals surface area (Å²) in [6.07, 6.45) is 0.301. The van der Waals surface area contributed by atoms with Gasteiger partial charge in [0, 0.05) is 17.9 Å². The minimum Gasteiger partial charge on any atom is -0.294 e. The number of halogens is 2. The van der Waals surface area contributed by atoms with Crippen LogP contribution in [0, 0.1) is 0 Å². The number of rotatable bonds is 4. The smallest absolute Gasteiger partial charge is 0.164 e. The van der Waals surface area contributed by atoms with Crippen molar-refractivity contribution in [3.8, 4) is 0 Å². The van der Waals surface area contributed by atoms with Gasteiger partial charge in [0.2, 0.25) is 0 Å². The van der Waals surface area contributed by atoms with E-state index in [0.717, 1.165) is 0 Å². The first kappa shape index (κ1) is 10.6. The maximum Gasteiger partial charge on any atom is 0.164 e. The molecule has 0 unspecified atom stereocenters. The molecule has 0 aliphatic rings. The molecule has 0 heterocycles. The van der Waals surface area contributed by atoms with Crippen molar-refractivity contribution in [1.29, 1.82) is 0 Å². The third-order valence-electron chi connectivity index (χ3n) is 1.67. The van der Waals surface area contributed by atoms with Gasteiger partial charge >= 0.3 is 0 Å². The van der Waals surface area contributed by atoms with Gasteiger partial charge in [-0.3, -0.25) is 4.79 Å². The van der Waals surface area contributed by atoms with E-state index in [2.05, 4.69) is 0 Å². The van der Waals surface area contributed by atoms with E-state index in [1.54, 1.807) is 12.1 Å². The molecule has 0 N–H and O–H groups in total. The van der Waals surface area contributed by atoms with Crippen LogP contribution in [-0.2, 0) is 0 Å². The Balaban J connectivity index is 2.59. The number of carbonyl (C=O) groups is 1. The Morgan fingerprint density at radius 2 is 1.92 bits per heavy atom. The monoisotopic (exact) mass is 216 g/mol. The van der Waals surface area contributed by atoms with Crippen molar-refractivity contribution < 1.29 is 4.79 Å². The lowest BCUT2D eigenvalue weighted by Gasteiger charge is -2.03. The van der Waals surface area contributed by atoms with Crippen molar-refractivity contribution in [1.82, 2.24) is 0 Å². The molecule has 0 fully saturated rings. The molecule has 0 spiro atoms. The molecular formula is C10H10Cl2O. The molecule has 0 aromatic heterocycles. The summed E-state index contributed by atoms with van der Waals surface area (Å²) in [5, 5.41) is -0.269. The van der Waals surface area contributed by atoms with Crippen LogP contribution in [0.2, 0.25) is 0 Å². The SMILES string of the molecule is O=C(C[C@@H](Cl)CCl)c1ccccc1. The number of benzene rings is 1. The molecule has 0 bridgehead atoms. The molecule has 1 rings (SSSR count). The summed E-state index contributed by atoms with van der Waals surface area (Å²) in [6.45, 7) is 0. The van der Waals surface area contributed by atoms with Gasteiger partial charge in [0.25, 0.3) is 0 Å².